The predicted molar refractivity (Wildman–Crippen MR) is 57.3 cm³/mol. The lowest BCUT2D eigenvalue weighted by Gasteiger charge is -2.05. The molecule has 1 unspecified atom stereocenters. The fourth-order valence-electron chi connectivity index (χ4n) is 1.02. The van der Waals surface area contributed by atoms with Gasteiger partial charge in [-0.3, -0.25) is 4.57 Å². The lowest BCUT2D eigenvalue weighted by Crippen LogP contribution is -1.93. The molecule has 0 radical (unpaired) electrons. The minimum absolute atomic E-state index is 0.264. The van der Waals surface area contributed by atoms with Gasteiger partial charge in [0.05, 0.1) is 11.5 Å². The molecule has 1 rings (SSSR count). The summed E-state index contributed by atoms with van der Waals surface area (Å²) in [6.45, 7) is 3.27. The van der Waals surface area contributed by atoms with Gasteiger partial charge in [0, 0.05) is 18.8 Å². The van der Waals surface area contributed by atoms with Gasteiger partial charge in [-0.1, -0.05) is 18.2 Å². The van der Waals surface area contributed by atoms with Crippen molar-refractivity contribution in [2.45, 2.75) is 6.92 Å². The number of para-hydroxylation sites is 1. The molecule has 0 aromatic heterocycles. The molecule has 1 aromatic rings. The normalized spacial score (nSPS) is 16.0. The molecule has 0 bridgehead atoms. The van der Waals surface area contributed by atoms with E-state index in [1.165, 1.54) is 6.66 Å². The first kappa shape index (κ1) is 11.9. The van der Waals surface area contributed by atoms with Crippen molar-refractivity contribution in [2.24, 2.45) is 4.88 Å². The number of nitrogens with zero attached hydrogens (tertiary/aromatic N) is 2. The Morgan fingerprint density at radius 2 is 2.07 bits per heavy atom. The van der Waals surface area contributed by atoms with Gasteiger partial charge in [-0.15, -0.1) is 0 Å². The van der Waals surface area contributed by atoms with Gasteiger partial charge in [-0.05, 0) is 11.8 Å². The predicted octanol–water partition coefficient (Wildman–Crippen LogP) is 3.14. The summed E-state index contributed by atoms with van der Waals surface area (Å²) in [5, 5.41) is 11.4. The third-order valence-corrected chi connectivity index (χ3v) is 2.81. The van der Waals surface area contributed by atoms with E-state index in [-0.39, 0.29) is 6.61 Å². The Balaban J connectivity index is 2.90. The third kappa shape index (κ3) is 3.81. The van der Waals surface area contributed by atoms with Gasteiger partial charge >= 0.3 is 7.52 Å². The molecule has 0 N–H and O–H groups in total. The van der Waals surface area contributed by atoms with Crippen LogP contribution in [0.3, 0.4) is 0 Å². The second kappa shape index (κ2) is 5.05. The Hall–Kier alpha value is -1.19. The van der Waals surface area contributed by atoms with Crippen LogP contribution in [-0.4, -0.2) is 18.1 Å². The second-order valence-corrected chi connectivity index (χ2v) is 4.96. The quantitative estimate of drug-likeness (QED) is 0.344. The number of hydrogen-bond donors (Lipinski definition) is 0. The molecular weight excluding hydrogens is 215 g/mol. The molecule has 82 valence electrons. The summed E-state index contributed by atoms with van der Waals surface area (Å²) in [6, 6.07) is 8.37. The first-order valence-electron chi connectivity index (χ1n) is 4.53. The average molecular weight is 228 g/mol. The molecule has 1 atom stereocenters. The maximum atomic E-state index is 11.6. The van der Waals surface area contributed by atoms with Crippen LogP contribution in [0, 0.1) is 5.21 Å². The maximum absolute atomic E-state index is 11.6. The molecule has 0 aliphatic carbocycles. The molecular formula is C9H13N2O3P. The van der Waals surface area contributed by atoms with Crippen LogP contribution in [0.15, 0.2) is 35.2 Å². The second-order valence-electron chi connectivity index (χ2n) is 2.92. The van der Waals surface area contributed by atoms with Crippen molar-refractivity contribution >= 4 is 13.2 Å². The zero-order chi connectivity index (χ0) is 11.3. The van der Waals surface area contributed by atoms with Crippen LogP contribution >= 0.6 is 7.52 Å². The van der Waals surface area contributed by atoms with Gasteiger partial charge in [0.1, 0.15) is 0 Å². The highest BCUT2D eigenvalue weighted by Gasteiger charge is 2.19. The van der Waals surface area contributed by atoms with Crippen molar-refractivity contribution in [3.63, 3.8) is 0 Å². The van der Waals surface area contributed by atoms with Crippen molar-refractivity contribution in [1.82, 2.24) is 0 Å². The van der Waals surface area contributed by atoms with Crippen molar-refractivity contribution in [2.75, 3.05) is 13.3 Å². The highest BCUT2D eigenvalue weighted by molar-refractivity contribution is 7.56. The van der Waals surface area contributed by atoms with Gasteiger partial charge < -0.3 is 9.73 Å². The highest BCUT2D eigenvalue weighted by Crippen LogP contribution is 2.44. The van der Waals surface area contributed by atoms with Gasteiger partial charge in [-0.25, -0.2) is 0 Å². The topological polar surface area (TPSA) is 64.7 Å². The summed E-state index contributed by atoms with van der Waals surface area (Å²) < 4.78 is 16.4. The Labute approximate surface area is 88.5 Å². The van der Waals surface area contributed by atoms with Crippen molar-refractivity contribution < 1.29 is 13.9 Å². The van der Waals surface area contributed by atoms with Crippen LogP contribution in [0.25, 0.3) is 0 Å². The van der Waals surface area contributed by atoms with E-state index in [1.807, 2.05) is 0 Å². The molecule has 5 nitrogen and oxygen atoms in total. The van der Waals surface area contributed by atoms with E-state index in [2.05, 4.69) is 4.88 Å². The van der Waals surface area contributed by atoms with E-state index < -0.39 is 7.52 Å². The number of hydrogen-bond acceptors (Lipinski definition) is 3. The van der Waals surface area contributed by atoms with E-state index in [0.29, 0.717) is 10.5 Å². The van der Waals surface area contributed by atoms with E-state index in [0.717, 1.165) is 0 Å². The molecule has 0 heterocycles. The van der Waals surface area contributed by atoms with Gasteiger partial charge in [0.15, 0.2) is 0 Å². The highest BCUT2D eigenvalue weighted by atomic mass is 31.2. The minimum Gasteiger partial charge on any atom is -0.594 e. The minimum atomic E-state index is -3.18. The zero-order valence-electron chi connectivity index (χ0n) is 8.66. The SMILES string of the molecule is CCOP(C)(=O)/N=[N+](\[O-])c1ccccc1. The summed E-state index contributed by atoms with van der Waals surface area (Å²) >= 11 is 0. The molecule has 6 heteroatoms. The first-order valence-corrected chi connectivity index (χ1v) is 6.55. The summed E-state index contributed by atoms with van der Waals surface area (Å²) in [5.41, 5.74) is 0.333. The van der Waals surface area contributed by atoms with Crippen LogP contribution in [0.5, 0.6) is 0 Å². The monoisotopic (exact) mass is 228 g/mol. The molecule has 0 saturated heterocycles. The fraction of sp³-hybridized carbons (Fsp3) is 0.333. The van der Waals surface area contributed by atoms with E-state index >= 15 is 0 Å². The molecule has 0 fully saturated rings. The van der Waals surface area contributed by atoms with Crippen LogP contribution in [0.2, 0.25) is 0 Å². The zero-order valence-corrected chi connectivity index (χ0v) is 9.55. The van der Waals surface area contributed by atoms with E-state index in [4.69, 9.17) is 4.52 Å². The molecule has 0 saturated carbocycles. The first-order chi connectivity index (χ1) is 7.05. The summed E-state index contributed by atoms with van der Waals surface area (Å²) in [6.07, 6.45) is 0. The van der Waals surface area contributed by atoms with Gasteiger partial charge in [0.2, 0.25) is 5.69 Å². The lowest BCUT2D eigenvalue weighted by atomic mass is 10.3. The Kier molecular flexibility index (Phi) is 4.00. The molecule has 1 aromatic carbocycles. The molecule has 15 heavy (non-hydrogen) atoms. The number of benzene rings is 1. The van der Waals surface area contributed by atoms with Crippen LogP contribution < -0.4 is 0 Å². The van der Waals surface area contributed by atoms with Crippen molar-refractivity contribution in [3.05, 3.63) is 35.5 Å². The molecule has 0 amide bonds. The van der Waals surface area contributed by atoms with Crippen LogP contribution in [0.1, 0.15) is 6.92 Å². The van der Waals surface area contributed by atoms with Crippen LogP contribution in [-0.2, 0) is 9.09 Å². The molecule has 0 aliphatic rings. The van der Waals surface area contributed by atoms with Crippen molar-refractivity contribution in [3.8, 4) is 0 Å². The fourth-order valence-corrected chi connectivity index (χ4v) is 1.95. The summed E-state index contributed by atoms with van der Waals surface area (Å²) in [4.78, 5) is 3.81. The van der Waals surface area contributed by atoms with Crippen molar-refractivity contribution in [1.29, 1.82) is 0 Å². The lowest BCUT2D eigenvalue weighted by molar-refractivity contribution is -0.431. The Bertz CT molecular complexity index is 392. The van der Waals surface area contributed by atoms with Gasteiger partial charge in [-0.2, -0.15) is 0 Å². The van der Waals surface area contributed by atoms with E-state index in [9.17, 15) is 9.77 Å². The largest absolute Gasteiger partial charge is 0.594 e. The average Bonchev–Trinajstić information content (AvgIpc) is 2.18. The summed E-state index contributed by atoms with van der Waals surface area (Å²) in [5.74, 6) is 0. The summed E-state index contributed by atoms with van der Waals surface area (Å²) in [7, 11) is -3.18. The smallest absolute Gasteiger partial charge is 0.373 e. The molecule has 0 spiro atoms. The van der Waals surface area contributed by atoms with E-state index in [1.54, 1.807) is 37.3 Å². The van der Waals surface area contributed by atoms with Gasteiger partial charge in [0.25, 0.3) is 0 Å². The van der Waals surface area contributed by atoms with Crippen LogP contribution in [0.4, 0.5) is 5.69 Å². The maximum Gasteiger partial charge on any atom is 0.373 e. The Morgan fingerprint density at radius 1 is 1.47 bits per heavy atom. The third-order valence-electron chi connectivity index (χ3n) is 1.59. The standard InChI is InChI=1S/C9H13N2O3P/c1-3-14-15(2,13)10-11(12)9-7-5-4-6-8-9/h4-8H,3H2,1-2H3/b11-10-. The molecule has 0 aliphatic heterocycles. The number of rotatable bonds is 4. The Morgan fingerprint density at radius 3 is 2.60 bits per heavy atom.